The number of hydrogen-bond donors (Lipinski definition) is 3. The number of H-pyrrole nitrogens is 1. The number of aryl methyl sites for hydroxylation is 1. The smallest absolute Gasteiger partial charge is 0.257 e. The number of aromatic nitrogens is 4. The van der Waals surface area contributed by atoms with Gasteiger partial charge in [-0.3, -0.25) is 9.48 Å². The number of piperidine rings is 1. The van der Waals surface area contributed by atoms with Crippen molar-refractivity contribution in [1.29, 1.82) is 0 Å². The van der Waals surface area contributed by atoms with Gasteiger partial charge in [0.2, 0.25) is 0 Å². The average molecular weight is 443 g/mol. The molecule has 0 saturated carbocycles. The maximum Gasteiger partial charge on any atom is 0.257 e. The number of rotatable bonds is 4. The Hall–Kier alpha value is -3.65. The van der Waals surface area contributed by atoms with Crippen LogP contribution in [0.3, 0.4) is 0 Å². The van der Waals surface area contributed by atoms with Crippen LogP contribution in [0, 0.1) is 0 Å². The second kappa shape index (κ2) is 8.37. The highest BCUT2D eigenvalue weighted by atomic mass is 16.5. The Morgan fingerprint density at radius 3 is 3.00 bits per heavy atom. The number of ether oxygens (including phenoxy) is 1. The molecule has 0 bridgehead atoms. The number of carbonyl (C=O) groups excluding carboxylic acids is 1. The largest absolute Gasteiger partial charge is 0.493 e. The number of carbonyl (C=O) groups is 1. The molecular formula is C25H26N6O2. The molecule has 5 heterocycles. The first-order valence-corrected chi connectivity index (χ1v) is 11.5. The molecule has 1 aromatic carbocycles. The van der Waals surface area contributed by atoms with Crippen molar-refractivity contribution in [1.82, 2.24) is 25.1 Å². The summed E-state index contributed by atoms with van der Waals surface area (Å²) in [5.74, 6) is 0.772. The van der Waals surface area contributed by atoms with Crippen molar-refractivity contribution in [3.8, 4) is 16.9 Å². The van der Waals surface area contributed by atoms with Crippen molar-refractivity contribution < 1.29 is 9.53 Å². The van der Waals surface area contributed by atoms with Crippen molar-refractivity contribution in [3.63, 3.8) is 0 Å². The highest BCUT2D eigenvalue weighted by Crippen LogP contribution is 2.33. The molecule has 1 amide bonds. The standard InChI is InChI=1S/C25H26N6O2/c32-25(30-19-13-29-31(15-19)20-5-7-26-8-6-20)18-11-21-22(14-28-24(21)27-12-18)16-3-4-23-17(10-16)2-1-9-33-23/h3-4,10-15,20,26H,1-2,5-9H2,(H,27,28)(H,30,32). The number of aromatic amines is 1. The molecular weight excluding hydrogens is 416 g/mol. The number of benzene rings is 1. The van der Waals surface area contributed by atoms with E-state index in [1.54, 1.807) is 12.4 Å². The SMILES string of the molecule is O=C(Nc1cnn(C2CCNCC2)c1)c1cnc2[nH]cc(-c3ccc4c(c3)CCCO4)c2c1. The van der Waals surface area contributed by atoms with Gasteiger partial charge in [0, 0.05) is 29.5 Å². The first-order chi connectivity index (χ1) is 16.2. The first kappa shape index (κ1) is 20.0. The zero-order chi connectivity index (χ0) is 22.2. The minimum absolute atomic E-state index is 0.194. The Morgan fingerprint density at radius 1 is 1.18 bits per heavy atom. The molecule has 3 N–H and O–H groups in total. The Labute approximate surface area is 191 Å². The predicted octanol–water partition coefficient (Wildman–Crippen LogP) is 3.93. The molecule has 2 aliphatic rings. The number of pyridine rings is 1. The molecule has 3 aromatic heterocycles. The summed E-state index contributed by atoms with van der Waals surface area (Å²) in [5, 5.41) is 11.7. The third-order valence-electron chi connectivity index (χ3n) is 6.55. The van der Waals surface area contributed by atoms with Gasteiger partial charge in [0.25, 0.3) is 5.91 Å². The van der Waals surface area contributed by atoms with Crippen molar-refractivity contribution >= 4 is 22.6 Å². The zero-order valence-electron chi connectivity index (χ0n) is 18.3. The van der Waals surface area contributed by atoms with Crippen LogP contribution in [0.25, 0.3) is 22.2 Å². The Morgan fingerprint density at radius 2 is 2.09 bits per heavy atom. The summed E-state index contributed by atoms with van der Waals surface area (Å²) in [4.78, 5) is 20.7. The van der Waals surface area contributed by atoms with E-state index in [-0.39, 0.29) is 5.91 Å². The molecule has 1 fully saturated rings. The van der Waals surface area contributed by atoms with E-state index in [1.807, 2.05) is 29.2 Å². The van der Waals surface area contributed by atoms with Crippen molar-refractivity contribution in [2.24, 2.45) is 0 Å². The second-order valence-electron chi connectivity index (χ2n) is 8.74. The topological polar surface area (TPSA) is 96.9 Å². The molecule has 8 nitrogen and oxygen atoms in total. The molecule has 168 valence electrons. The lowest BCUT2D eigenvalue weighted by Gasteiger charge is -2.22. The highest BCUT2D eigenvalue weighted by Gasteiger charge is 2.18. The maximum absolute atomic E-state index is 13.0. The normalized spacial score (nSPS) is 16.4. The Kier molecular flexibility index (Phi) is 5.07. The fourth-order valence-electron chi connectivity index (χ4n) is 4.77. The summed E-state index contributed by atoms with van der Waals surface area (Å²) in [6.45, 7) is 2.76. The molecule has 8 heteroatoms. The van der Waals surface area contributed by atoms with E-state index in [2.05, 4.69) is 37.8 Å². The van der Waals surface area contributed by atoms with Gasteiger partial charge < -0.3 is 20.4 Å². The molecule has 6 rings (SSSR count). The van der Waals surface area contributed by atoms with Crippen LogP contribution in [0.1, 0.15) is 41.2 Å². The molecule has 1 saturated heterocycles. The lowest BCUT2D eigenvalue weighted by Crippen LogP contribution is -2.29. The summed E-state index contributed by atoms with van der Waals surface area (Å²) in [5.41, 5.74) is 5.31. The van der Waals surface area contributed by atoms with Gasteiger partial charge in [-0.2, -0.15) is 5.10 Å². The van der Waals surface area contributed by atoms with Gasteiger partial charge in [0.05, 0.1) is 30.1 Å². The fraction of sp³-hybridized carbons (Fsp3) is 0.320. The minimum atomic E-state index is -0.194. The van der Waals surface area contributed by atoms with E-state index in [4.69, 9.17) is 4.74 Å². The number of anilines is 1. The van der Waals surface area contributed by atoms with Crippen LogP contribution in [-0.4, -0.2) is 45.4 Å². The van der Waals surface area contributed by atoms with Crippen LogP contribution in [0.15, 0.2) is 49.1 Å². The monoisotopic (exact) mass is 442 g/mol. The van der Waals surface area contributed by atoms with Crippen LogP contribution >= 0.6 is 0 Å². The zero-order valence-corrected chi connectivity index (χ0v) is 18.3. The van der Waals surface area contributed by atoms with Gasteiger partial charge in [-0.25, -0.2) is 4.98 Å². The molecule has 2 aliphatic heterocycles. The van der Waals surface area contributed by atoms with Crippen LogP contribution < -0.4 is 15.4 Å². The number of nitrogens with one attached hydrogen (secondary N) is 3. The van der Waals surface area contributed by atoms with Crippen LogP contribution in [0.4, 0.5) is 5.69 Å². The van der Waals surface area contributed by atoms with Crippen molar-refractivity contribution in [2.75, 3.05) is 25.0 Å². The van der Waals surface area contributed by atoms with E-state index < -0.39 is 0 Å². The molecule has 0 unspecified atom stereocenters. The van der Waals surface area contributed by atoms with Crippen LogP contribution in [-0.2, 0) is 6.42 Å². The number of fused-ring (bicyclic) bond motifs is 2. The fourth-order valence-corrected chi connectivity index (χ4v) is 4.77. The van der Waals surface area contributed by atoms with Gasteiger partial charge in [-0.05, 0) is 68.1 Å². The van der Waals surface area contributed by atoms with Gasteiger partial charge in [0.1, 0.15) is 11.4 Å². The number of nitrogens with zero attached hydrogens (tertiary/aromatic N) is 3. The van der Waals surface area contributed by atoms with E-state index in [1.165, 1.54) is 5.56 Å². The summed E-state index contributed by atoms with van der Waals surface area (Å²) < 4.78 is 7.71. The average Bonchev–Trinajstić information content (AvgIpc) is 3.51. The quantitative estimate of drug-likeness (QED) is 0.445. The lowest BCUT2D eigenvalue weighted by molar-refractivity contribution is 0.102. The Balaban J connectivity index is 1.25. The molecule has 0 aliphatic carbocycles. The molecule has 0 radical (unpaired) electrons. The van der Waals surface area contributed by atoms with E-state index in [0.717, 1.165) is 73.3 Å². The minimum Gasteiger partial charge on any atom is -0.493 e. The van der Waals surface area contributed by atoms with Gasteiger partial charge in [-0.1, -0.05) is 6.07 Å². The van der Waals surface area contributed by atoms with Crippen molar-refractivity contribution in [2.45, 2.75) is 31.7 Å². The van der Waals surface area contributed by atoms with E-state index in [9.17, 15) is 4.79 Å². The molecule has 4 aromatic rings. The van der Waals surface area contributed by atoms with Gasteiger partial charge >= 0.3 is 0 Å². The first-order valence-electron chi connectivity index (χ1n) is 11.5. The predicted molar refractivity (Wildman–Crippen MR) is 127 cm³/mol. The van der Waals surface area contributed by atoms with E-state index >= 15 is 0 Å². The van der Waals surface area contributed by atoms with Crippen LogP contribution in [0.2, 0.25) is 0 Å². The van der Waals surface area contributed by atoms with E-state index in [0.29, 0.717) is 17.3 Å². The third kappa shape index (κ3) is 3.87. The van der Waals surface area contributed by atoms with Gasteiger partial charge in [0.15, 0.2) is 0 Å². The lowest BCUT2D eigenvalue weighted by atomic mass is 9.98. The summed E-state index contributed by atoms with van der Waals surface area (Å²) in [7, 11) is 0. The summed E-state index contributed by atoms with van der Waals surface area (Å²) in [6, 6.07) is 8.55. The number of amides is 1. The van der Waals surface area contributed by atoms with Crippen molar-refractivity contribution in [3.05, 3.63) is 60.2 Å². The van der Waals surface area contributed by atoms with Gasteiger partial charge in [-0.15, -0.1) is 0 Å². The third-order valence-corrected chi connectivity index (χ3v) is 6.55. The summed E-state index contributed by atoms with van der Waals surface area (Å²) in [6.07, 6.45) is 11.3. The Bertz CT molecular complexity index is 1320. The molecule has 0 atom stereocenters. The highest BCUT2D eigenvalue weighted by molar-refractivity contribution is 6.07. The van der Waals surface area contributed by atoms with Crippen LogP contribution in [0.5, 0.6) is 5.75 Å². The second-order valence-corrected chi connectivity index (χ2v) is 8.74. The molecule has 0 spiro atoms. The summed E-state index contributed by atoms with van der Waals surface area (Å²) >= 11 is 0. The molecule has 33 heavy (non-hydrogen) atoms. The number of hydrogen-bond acceptors (Lipinski definition) is 5. The maximum atomic E-state index is 13.0.